The molecule has 0 spiro atoms. The van der Waals surface area contributed by atoms with E-state index in [-0.39, 0.29) is 11.1 Å². The Kier molecular flexibility index (Phi) is 3.87. The Bertz CT molecular complexity index is 652. The second-order valence-corrected chi connectivity index (χ2v) is 5.64. The zero-order chi connectivity index (χ0) is 15.8. The smallest absolute Gasteiger partial charge is 0.348 e. The summed E-state index contributed by atoms with van der Waals surface area (Å²) < 4.78 is 10.3. The van der Waals surface area contributed by atoms with Gasteiger partial charge in [0.2, 0.25) is 0 Å². The molecule has 7 heteroatoms. The maximum atomic E-state index is 11.8. The molecular weight excluding hydrogens is 344 g/mol. The predicted molar refractivity (Wildman–Crippen MR) is 75.3 cm³/mol. The number of benzene rings is 1. The topological polar surface area (TPSA) is 89.9 Å². The Morgan fingerprint density at radius 3 is 2.29 bits per heavy atom. The minimum atomic E-state index is -1.29. The van der Waals surface area contributed by atoms with Crippen molar-refractivity contribution in [3.63, 3.8) is 0 Å². The first-order valence-corrected chi connectivity index (χ1v) is 6.70. The van der Waals surface area contributed by atoms with Crippen LogP contribution in [0.3, 0.4) is 0 Å². The van der Waals surface area contributed by atoms with Crippen molar-refractivity contribution in [3.05, 3.63) is 39.4 Å². The number of carboxylic acids is 1. The summed E-state index contributed by atoms with van der Waals surface area (Å²) >= 11 is 3.12. The summed E-state index contributed by atoms with van der Waals surface area (Å²) in [5, 5.41) is 8.93. The lowest BCUT2D eigenvalue weighted by atomic mass is 10.1. The van der Waals surface area contributed by atoms with Gasteiger partial charge in [-0.15, -0.1) is 0 Å². The average molecular weight is 355 g/mol. The fourth-order valence-electron chi connectivity index (χ4n) is 1.74. The van der Waals surface area contributed by atoms with Gasteiger partial charge >= 0.3 is 17.9 Å². The normalized spacial score (nSPS) is 17.0. The van der Waals surface area contributed by atoms with E-state index in [2.05, 4.69) is 15.9 Å². The van der Waals surface area contributed by atoms with E-state index in [1.807, 2.05) is 0 Å². The molecule has 0 unspecified atom stereocenters. The van der Waals surface area contributed by atoms with E-state index in [9.17, 15) is 14.4 Å². The van der Waals surface area contributed by atoms with Crippen molar-refractivity contribution in [2.24, 2.45) is 0 Å². The van der Waals surface area contributed by atoms with Crippen molar-refractivity contribution in [2.45, 2.75) is 19.6 Å². The number of cyclic esters (lactones) is 2. The molecule has 2 rings (SSSR count). The number of hydrogen-bond acceptors (Lipinski definition) is 5. The van der Waals surface area contributed by atoms with E-state index in [1.165, 1.54) is 38.1 Å². The van der Waals surface area contributed by atoms with E-state index in [4.69, 9.17) is 14.6 Å². The predicted octanol–water partition coefficient (Wildman–Crippen LogP) is 2.37. The van der Waals surface area contributed by atoms with Gasteiger partial charge in [0.15, 0.2) is 0 Å². The molecule has 1 fully saturated rings. The van der Waals surface area contributed by atoms with Crippen molar-refractivity contribution in [1.29, 1.82) is 0 Å². The molecule has 1 aliphatic heterocycles. The molecule has 0 aliphatic carbocycles. The van der Waals surface area contributed by atoms with Gasteiger partial charge in [-0.3, -0.25) is 0 Å². The number of hydrogen-bond donors (Lipinski definition) is 1. The van der Waals surface area contributed by atoms with Crippen LogP contribution in [0.2, 0.25) is 0 Å². The van der Waals surface area contributed by atoms with Crippen molar-refractivity contribution >= 4 is 39.9 Å². The van der Waals surface area contributed by atoms with Gasteiger partial charge in [0.25, 0.3) is 5.79 Å². The molecule has 1 aromatic carbocycles. The fraction of sp³-hybridized carbons (Fsp3) is 0.214. The summed E-state index contributed by atoms with van der Waals surface area (Å²) in [6, 6.07) is 4.32. The Balaban J connectivity index is 2.36. The van der Waals surface area contributed by atoms with Crippen molar-refractivity contribution < 1.29 is 29.0 Å². The lowest BCUT2D eigenvalue weighted by Crippen LogP contribution is -2.41. The van der Waals surface area contributed by atoms with Gasteiger partial charge in [-0.05, 0) is 39.7 Å². The van der Waals surface area contributed by atoms with Gasteiger partial charge in [-0.2, -0.15) is 0 Å². The van der Waals surface area contributed by atoms with Crippen molar-refractivity contribution in [3.8, 4) is 0 Å². The number of carbonyl (C=O) groups is 3. The van der Waals surface area contributed by atoms with Crippen molar-refractivity contribution in [1.82, 2.24) is 0 Å². The number of esters is 2. The summed E-state index contributed by atoms with van der Waals surface area (Å²) in [4.78, 5) is 34.5. The fourth-order valence-corrected chi connectivity index (χ4v) is 2.31. The zero-order valence-corrected chi connectivity index (χ0v) is 12.8. The van der Waals surface area contributed by atoms with Gasteiger partial charge in [0, 0.05) is 18.3 Å². The molecule has 1 aliphatic rings. The molecule has 0 radical (unpaired) electrons. The summed E-state index contributed by atoms with van der Waals surface area (Å²) in [5.41, 5.74) is 0.298. The van der Waals surface area contributed by atoms with Crippen LogP contribution in [-0.4, -0.2) is 28.8 Å². The Hall–Kier alpha value is -2.15. The molecule has 1 saturated heterocycles. The number of halogens is 1. The Labute approximate surface area is 128 Å². The molecule has 1 aromatic rings. The Morgan fingerprint density at radius 1 is 1.24 bits per heavy atom. The zero-order valence-electron chi connectivity index (χ0n) is 11.2. The van der Waals surface area contributed by atoms with Gasteiger partial charge < -0.3 is 14.6 Å². The van der Waals surface area contributed by atoms with Crippen LogP contribution in [0, 0.1) is 0 Å². The van der Waals surface area contributed by atoms with Crippen LogP contribution in [0.15, 0.2) is 28.2 Å². The summed E-state index contributed by atoms with van der Waals surface area (Å²) in [6.45, 7) is 2.91. The van der Waals surface area contributed by atoms with Crippen LogP contribution in [0.25, 0.3) is 6.08 Å². The third-order valence-corrected chi connectivity index (χ3v) is 3.31. The maximum absolute atomic E-state index is 11.8. The molecule has 1 heterocycles. The highest BCUT2D eigenvalue weighted by molar-refractivity contribution is 9.10. The van der Waals surface area contributed by atoms with Gasteiger partial charge in [-0.1, -0.05) is 6.07 Å². The summed E-state index contributed by atoms with van der Waals surface area (Å²) in [7, 11) is 0. The number of carbonyl (C=O) groups excluding carboxylic acids is 2. The third kappa shape index (κ3) is 3.30. The van der Waals surface area contributed by atoms with E-state index < -0.39 is 23.7 Å². The van der Waals surface area contributed by atoms with Crippen LogP contribution in [-0.2, 0) is 19.1 Å². The number of carboxylic acid groups (broad SMARTS) is 1. The summed E-state index contributed by atoms with van der Waals surface area (Å²) in [5.74, 6) is -3.94. The first-order chi connectivity index (χ1) is 9.69. The highest BCUT2D eigenvalue weighted by Gasteiger charge is 2.38. The molecule has 6 nitrogen and oxygen atoms in total. The molecule has 110 valence electrons. The number of aromatic carboxylic acids is 1. The van der Waals surface area contributed by atoms with Gasteiger partial charge in [0.05, 0.1) is 5.56 Å². The highest BCUT2D eigenvalue weighted by atomic mass is 79.9. The molecule has 0 amide bonds. The summed E-state index contributed by atoms with van der Waals surface area (Å²) in [6.07, 6.45) is 1.29. The van der Waals surface area contributed by atoms with Crippen LogP contribution >= 0.6 is 15.9 Å². The second kappa shape index (κ2) is 5.33. The second-order valence-electron chi connectivity index (χ2n) is 4.78. The minimum Gasteiger partial charge on any atom is -0.478 e. The molecule has 21 heavy (non-hydrogen) atoms. The van der Waals surface area contributed by atoms with E-state index >= 15 is 0 Å². The maximum Gasteiger partial charge on any atom is 0.348 e. The number of ether oxygens (including phenoxy) is 2. The quantitative estimate of drug-likeness (QED) is 0.498. The SMILES string of the molecule is CC1(C)OC(=O)C(=Cc2ccc(C(=O)O)c(Br)c2)C(=O)O1. The van der Waals surface area contributed by atoms with E-state index in [1.54, 1.807) is 0 Å². The van der Waals surface area contributed by atoms with E-state index in [0.717, 1.165) is 0 Å². The lowest BCUT2D eigenvalue weighted by molar-refractivity contribution is -0.222. The van der Waals surface area contributed by atoms with Gasteiger partial charge in [0.1, 0.15) is 5.57 Å². The molecule has 0 atom stereocenters. The van der Waals surface area contributed by atoms with Gasteiger partial charge in [-0.25, -0.2) is 14.4 Å². The first kappa shape index (κ1) is 15.2. The highest BCUT2D eigenvalue weighted by Crippen LogP contribution is 2.25. The van der Waals surface area contributed by atoms with Crippen LogP contribution in [0.1, 0.15) is 29.8 Å². The first-order valence-electron chi connectivity index (χ1n) is 5.91. The molecule has 0 aromatic heterocycles. The minimum absolute atomic E-state index is 0.0760. The molecule has 1 N–H and O–H groups in total. The standard InChI is InChI=1S/C14H11BrO6/c1-14(2)20-12(18)9(13(19)21-14)5-7-3-4-8(11(16)17)10(15)6-7/h3-6H,1-2H3,(H,16,17). The van der Waals surface area contributed by atoms with Crippen LogP contribution in [0.4, 0.5) is 0 Å². The molecule has 0 bridgehead atoms. The monoisotopic (exact) mass is 354 g/mol. The van der Waals surface area contributed by atoms with Crippen LogP contribution in [0.5, 0.6) is 0 Å². The van der Waals surface area contributed by atoms with E-state index in [0.29, 0.717) is 10.0 Å². The van der Waals surface area contributed by atoms with Crippen LogP contribution < -0.4 is 0 Å². The average Bonchev–Trinajstić information content (AvgIpc) is 2.32. The van der Waals surface area contributed by atoms with Crippen molar-refractivity contribution in [2.75, 3.05) is 0 Å². The third-order valence-electron chi connectivity index (χ3n) is 2.65. The number of rotatable bonds is 2. The molecular formula is C14H11BrO6. The lowest BCUT2D eigenvalue weighted by Gasteiger charge is -2.29. The molecule has 0 saturated carbocycles. The Morgan fingerprint density at radius 2 is 1.81 bits per heavy atom. The largest absolute Gasteiger partial charge is 0.478 e.